The molecule has 0 radical (unpaired) electrons. The molecule has 0 aromatic heterocycles. The second kappa shape index (κ2) is 130. The Balaban J connectivity index is -0.000000592. The van der Waals surface area contributed by atoms with Crippen molar-refractivity contribution in [3.63, 3.8) is 0 Å². The average Bonchev–Trinajstić information content (AvgIpc) is 0.925. The van der Waals surface area contributed by atoms with E-state index in [1.807, 2.05) is 0 Å². The summed E-state index contributed by atoms with van der Waals surface area (Å²) < 4.78 is 46.9. The third-order valence-electron chi connectivity index (χ3n) is 26.7. The third-order valence-corrected chi connectivity index (χ3v) is 26.7. The van der Waals surface area contributed by atoms with E-state index in [1.165, 1.54) is 360 Å². The summed E-state index contributed by atoms with van der Waals surface area (Å²) in [5.74, 6) is -2.64. The summed E-state index contributed by atoms with van der Waals surface area (Å²) in [4.78, 5) is 107. The number of aliphatic hydroxyl groups excluding tert-OH is 6. The van der Waals surface area contributed by atoms with Gasteiger partial charge < -0.3 is 73.3 Å². The van der Waals surface area contributed by atoms with Gasteiger partial charge in [-0.2, -0.15) is 0 Å². The van der Waals surface area contributed by atoms with Gasteiger partial charge in [0.15, 0.2) is 12.2 Å². The number of aliphatic hydroxyl groups is 6. The highest BCUT2D eigenvalue weighted by molar-refractivity contribution is 5.73. The van der Waals surface area contributed by atoms with Gasteiger partial charge in [0.25, 0.3) is 0 Å². The van der Waals surface area contributed by atoms with Crippen molar-refractivity contribution in [2.24, 2.45) is 0 Å². The molecule has 0 spiro atoms. The molecule has 0 amide bonds. The first kappa shape index (κ1) is 150. The molecule has 6 N–H and O–H groups in total. The van der Waals surface area contributed by atoms with E-state index < -0.39 is 30.5 Å². The molecule has 0 saturated carbocycles. The van der Waals surface area contributed by atoms with E-state index in [2.05, 4.69) is 62.3 Å². The van der Waals surface area contributed by atoms with Crippen LogP contribution in [-0.4, -0.2) is 181 Å². The van der Waals surface area contributed by atoms with Crippen LogP contribution in [0.15, 0.2) is 0 Å². The molecule has 0 bridgehead atoms. The zero-order valence-electron chi connectivity index (χ0n) is 97.1. The van der Waals surface area contributed by atoms with Crippen molar-refractivity contribution in [1.82, 2.24) is 0 Å². The Morgan fingerprint density at radius 2 is 0.265 bits per heavy atom. The van der Waals surface area contributed by atoms with Gasteiger partial charge in [-0.3, -0.25) is 43.2 Å². The molecule has 874 valence electrons. The summed E-state index contributed by atoms with van der Waals surface area (Å²) in [7, 11) is 0. The minimum Gasteiger partial charge on any atom is -0.463 e. The zero-order valence-corrected chi connectivity index (χ0v) is 97.1. The number of hydrogen-bond donors (Lipinski definition) is 6. The Hall–Kier alpha value is -5.01. The maximum Gasteiger partial charge on any atom is 0.306 e. The predicted molar refractivity (Wildman–Crippen MR) is 602 cm³/mol. The Morgan fingerprint density at radius 3 is 0.422 bits per heavy atom. The molecule has 0 aliphatic heterocycles. The Kier molecular flexibility index (Phi) is 133. The van der Waals surface area contributed by atoms with E-state index in [9.17, 15) is 53.4 Å². The standard InChI is InChI=1S/C39H74O6.2C27H52O5.2C15H30O4/c1-4-7-10-13-16-19-22-25-28-31-37(40)43-34-36(45-39(42)33-30-27-24-21-18-15-12-9-6-3)35-44-38(41)32-29-26-23-20-17-14-11-8-5-2;1-3-5-7-9-11-13-15-17-19-21-26(29)31-23-25(28)24-32-27(30)22-20-18-16-14-12-10-8-6-4-2;1-3-5-7-9-11-13-15-17-19-21-26(29)31-24-25(23-28)32-27(30)22-20-18-16-14-12-10-8-6-4-2;1-2-3-4-5-6-7-8-9-10-11-15(18)19-13-14(17)12-16;1-2-3-4-5-6-7-8-9-10-11-15(18)19-14(12-16)13-17/h36H,4-35H2,1-3H3;2*25,28H,3-24H2,1-2H3;2*14,16-17H,2-13H2,1H3. The van der Waals surface area contributed by atoms with Crippen LogP contribution in [0, 0.1) is 0 Å². The van der Waals surface area contributed by atoms with E-state index in [4.69, 9.17) is 63.1 Å². The second-order valence-electron chi connectivity index (χ2n) is 41.7. The Labute approximate surface area is 902 Å². The summed E-state index contributed by atoms with van der Waals surface area (Å²) in [5, 5.41) is 54.4. The minimum absolute atomic E-state index is 0.0593. The first-order chi connectivity index (χ1) is 71.7. The summed E-state index contributed by atoms with van der Waals surface area (Å²) in [6.45, 7) is 18.2. The molecule has 0 aliphatic rings. The van der Waals surface area contributed by atoms with Crippen LogP contribution in [0.25, 0.3) is 0 Å². The van der Waals surface area contributed by atoms with Crippen molar-refractivity contribution in [3.8, 4) is 0 Å². The van der Waals surface area contributed by atoms with Crippen molar-refractivity contribution < 1.29 is 116 Å². The van der Waals surface area contributed by atoms with Gasteiger partial charge in [-0.15, -0.1) is 0 Å². The predicted octanol–water partition coefficient (Wildman–Crippen LogP) is 31.9. The number of esters is 9. The van der Waals surface area contributed by atoms with Gasteiger partial charge in [0, 0.05) is 57.8 Å². The van der Waals surface area contributed by atoms with Crippen molar-refractivity contribution >= 4 is 53.7 Å². The smallest absolute Gasteiger partial charge is 0.306 e. The van der Waals surface area contributed by atoms with Gasteiger partial charge in [-0.05, 0) is 57.8 Å². The Bertz CT molecular complexity index is 2640. The molecule has 24 heteroatoms. The highest BCUT2D eigenvalue weighted by atomic mass is 16.6. The van der Waals surface area contributed by atoms with E-state index in [0.29, 0.717) is 57.8 Å². The summed E-state index contributed by atoms with van der Waals surface area (Å²) in [5.41, 5.74) is 0. The number of carbonyl (C=O) groups excluding carboxylic acids is 9. The number of unbranched alkanes of at least 4 members (excludes halogenated alkanes) is 72. The quantitative estimate of drug-likeness (QED) is 0.0187. The molecular formula is C123H238O24. The maximum atomic E-state index is 12.6. The first-order valence-electron chi connectivity index (χ1n) is 62.0. The summed E-state index contributed by atoms with van der Waals surface area (Å²) in [6, 6.07) is 0. The maximum absolute atomic E-state index is 12.6. The van der Waals surface area contributed by atoms with E-state index >= 15 is 0 Å². The summed E-state index contributed by atoms with van der Waals surface area (Å²) in [6.07, 6.45) is 96.2. The number of carbonyl (C=O) groups is 9. The molecule has 2 unspecified atom stereocenters. The lowest BCUT2D eigenvalue weighted by Crippen LogP contribution is -2.30. The van der Waals surface area contributed by atoms with Crippen LogP contribution in [0.5, 0.6) is 0 Å². The van der Waals surface area contributed by atoms with Crippen LogP contribution < -0.4 is 0 Å². The third kappa shape index (κ3) is 131. The molecule has 0 aliphatic carbocycles. The molecule has 0 aromatic rings. The topological polar surface area (TPSA) is 358 Å². The fourth-order valence-electron chi connectivity index (χ4n) is 17.0. The van der Waals surface area contributed by atoms with Gasteiger partial charge in [0.2, 0.25) is 0 Å². The van der Waals surface area contributed by atoms with Crippen LogP contribution >= 0.6 is 0 Å². The van der Waals surface area contributed by atoms with Crippen LogP contribution in [0.3, 0.4) is 0 Å². The van der Waals surface area contributed by atoms with Gasteiger partial charge >= 0.3 is 53.7 Å². The molecule has 0 saturated heterocycles. The van der Waals surface area contributed by atoms with Gasteiger partial charge in [-0.1, -0.05) is 525 Å². The molecule has 0 fully saturated rings. The molecular weight excluding hydrogens is 1860 g/mol. The highest BCUT2D eigenvalue weighted by Gasteiger charge is 2.22. The fourth-order valence-corrected chi connectivity index (χ4v) is 17.0. The van der Waals surface area contributed by atoms with Crippen LogP contribution in [0.2, 0.25) is 0 Å². The van der Waals surface area contributed by atoms with Gasteiger partial charge in [-0.25, -0.2) is 0 Å². The molecule has 147 heavy (non-hydrogen) atoms. The van der Waals surface area contributed by atoms with Crippen LogP contribution in [0.4, 0.5) is 0 Å². The van der Waals surface area contributed by atoms with Crippen molar-refractivity contribution in [1.29, 1.82) is 0 Å². The van der Waals surface area contributed by atoms with Gasteiger partial charge in [0.1, 0.15) is 58.0 Å². The summed E-state index contributed by atoms with van der Waals surface area (Å²) >= 11 is 0. The van der Waals surface area contributed by atoms with E-state index in [-0.39, 0.29) is 120 Å². The largest absolute Gasteiger partial charge is 0.463 e. The van der Waals surface area contributed by atoms with Crippen LogP contribution in [-0.2, 0) is 85.8 Å². The number of ether oxygens (including phenoxy) is 9. The lowest BCUT2D eigenvalue weighted by Gasteiger charge is -2.18. The minimum atomic E-state index is -0.952. The molecule has 0 heterocycles. The van der Waals surface area contributed by atoms with Crippen LogP contribution in [0.1, 0.15) is 640 Å². The SMILES string of the molecule is CCCCCCCCCCCC(=O)OC(CO)CO.CCCCCCCCCCCC(=O)OCC(CO)OC(=O)CCCCCCCCCCC.CCCCCCCCCCCC(=O)OCC(COC(=O)CCCCCCCCCCC)OC(=O)CCCCCCCCCCC.CCCCCCCCCCCC(=O)OCC(O)CO.CCCCCCCCCCCC(=O)OCC(O)COC(=O)CCCCCCCCCCC. The first-order valence-corrected chi connectivity index (χ1v) is 62.0. The average molecular weight is 2100 g/mol. The van der Waals surface area contributed by atoms with Crippen molar-refractivity contribution in [2.45, 2.75) is 671 Å². The lowest BCUT2D eigenvalue weighted by molar-refractivity contribution is -0.167. The van der Waals surface area contributed by atoms with Crippen molar-refractivity contribution in [2.75, 3.05) is 66.1 Å². The second-order valence-corrected chi connectivity index (χ2v) is 41.7. The van der Waals surface area contributed by atoms with E-state index in [0.717, 1.165) is 161 Å². The molecule has 24 nitrogen and oxygen atoms in total. The van der Waals surface area contributed by atoms with E-state index in [1.54, 1.807) is 0 Å². The van der Waals surface area contributed by atoms with Gasteiger partial charge in [0.05, 0.1) is 26.4 Å². The molecule has 0 rings (SSSR count). The molecule has 0 aromatic carbocycles. The van der Waals surface area contributed by atoms with Crippen molar-refractivity contribution in [3.05, 3.63) is 0 Å². The fraction of sp³-hybridized carbons (Fsp3) is 0.927. The lowest BCUT2D eigenvalue weighted by atomic mass is 10.1. The molecule has 2 atom stereocenters. The monoisotopic (exact) mass is 2100 g/mol. The Morgan fingerprint density at radius 1 is 0.143 bits per heavy atom. The number of hydrogen-bond acceptors (Lipinski definition) is 24. The zero-order chi connectivity index (χ0) is 109. The normalized spacial score (nSPS) is 11.5. The highest BCUT2D eigenvalue weighted by Crippen LogP contribution is 2.22. The number of rotatable bonds is 109.